The van der Waals surface area contributed by atoms with Gasteiger partial charge in [-0.05, 0) is 24.3 Å². The van der Waals surface area contributed by atoms with Gasteiger partial charge in [0.15, 0.2) is 5.82 Å². The van der Waals surface area contributed by atoms with E-state index in [1.165, 1.54) is 0 Å². The number of carbonyl (C=O) groups is 1. The van der Waals surface area contributed by atoms with E-state index >= 15 is 0 Å². The number of carbonyl (C=O) groups excluding carboxylic acids is 1. The lowest BCUT2D eigenvalue weighted by atomic mass is 10.2. The molecule has 0 aliphatic rings. The number of benzene rings is 3. The van der Waals surface area contributed by atoms with Crippen molar-refractivity contribution in [3.63, 3.8) is 0 Å². The highest BCUT2D eigenvalue weighted by atomic mass is 16.2. The Bertz CT molecular complexity index is 1010. The number of rotatable bonds is 4. The molecule has 4 aromatic rings. The van der Waals surface area contributed by atoms with Crippen molar-refractivity contribution in [1.82, 2.24) is 14.8 Å². The van der Waals surface area contributed by atoms with Crippen LogP contribution >= 0.6 is 0 Å². The molecule has 1 heterocycles. The highest BCUT2D eigenvalue weighted by Gasteiger charge is 2.19. The summed E-state index contributed by atoms with van der Waals surface area (Å²) in [6.45, 7) is 0. The van der Waals surface area contributed by atoms with Gasteiger partial charge in [-0.25, -0.2) is 9.67 Å². The molecular weight excluding hydrogens is 324 g/mol. The number of aromatic nitrogens is 3. The van der Waals surface area contributed by atoms with Crippen molar-refractivity contribution >= 4 is 11.6 Å². The molecule has 0 fully saturated rings. The molecule has 1 aromatic heterocycles. The fraction of sp³-hybridized carbons (Fsp3) is 0. The lowest BCUT2D eigenvalue weighted by Gasteiger charge is -2.06. The maximum atomic E-state index is 12.8. The zero-order valence-corrected chi connectivity index (χ0v) is 13.9. The minimum atomic E-state index is -0.310. The van der Waals surface area contributed by atoms with Crippen molar-refractivity contribution in [2.24, 2.45) is 0 Å². The Morgan fingerprint density at radius 1 is 0.769 bits per heavy atom. The van der Waals surface area contributed by atoms with E-state index in [1.54, 1.807) is 4.68 Å². The van der Waals surface area contributed by atoms with Crippen LogP contribution in [0.1, 0.15) is 10.6 Å². The third kappa shape index (κ3) is 3.23. The third-order valence-electron chi connectivity index (χ3n) is 3.87. The first kappa shape index (κ1) is 15.8. The molecule has 0 spiro atoms. The SMILES string of the molecule is O=C(Nc1ccccc1)c1nc(-c2ccccc2)nn1-c1ccccc1. The lowest BCUT2D eigenvalue weighted by molar-refractivity contribution is 0.101. The van der Waals surface area contributed by atoms with E-state index in [9.17, 15) is 4.79 Å². The summed E-state index contributed by atoms with van der Waals surface area (Å²) in [6, 6.07) is 28.4. The van der Waals surface area contributed by atoms with E-state index in [0.717, 1.165) is 11.3 Å². The van der Waals surface area contributed by atoms with E-state index in [2.05, 4.69) is 15.4 Å². The van der Waals surface area contributed by atoms with Gasteiger partial charge in [0, 0.05) is 11.3 Å². The van der Waals surface area contributed by atoms with Gasteiger partial charge < -0.3 is 5.32 Å². The number of hydrogen-bond acceptors (Lipinski definition) is 3. The standard InChI is InChI=1S/C21H16N4O/c26-21(22-17-12-6-2-7-13-17)20-23-19(16-10-4-1-5-11-16)24-25(20)18-14-8-3-9-15-18/h1-15H,(H,22,26). The molecule has 0 atom stereocenters. The van der Waals surface area contributed by atoms with E-state index < -0.39 is 0 Å². The average Bonchev–Trinajstić information content (AvgIpc) is 3.16. The summed E-state index contributed by atoms with van der Waals surface area (Å²) in [5.41, 5.74) is 2.35. The Hall–Kier alpha value is -3.73. The average molecular weight is 340 g/mol. The van der Waals surface area contributed by atoms with Crippen LogP contribution in [0.15, 0.2) is 91.0 Å². The lowest BCUT2D eigenvalue weighted by Crippen LogP contribution is -2.18. The van der Waals surface area contributed by atoms with Gasteiger partial charge in [-0.3, -0.25) is 4.79 Å². The topological polar surface area (TPSA) is 59.8 Å². The zero-order valence-electron chi connectivity index (χ0n) is 13.9. The second kappa shape index (κ2) is 7.03. The van der Waals surface area contributed by atoms with Gasteiger partial charge in [0.25, 0.3) is 5.91 Å². The Balaban J connectivity index is 1.77. The summed E-state index contributed by atoms with van der Waals surface area (Å²) in [7, 11) is 0. The van der Waals surface area contributed by atoms with Crippen LogP contribution in [0.5, 0.6) is 0 Å². The van der Waals surface area contributed by atoms with Crippen molar-refractivity contribution in [1.29, 1.82) is 0 Å². The fourth-order valence-electron chi connectivity index (χ4n) is 2.63. The third-order valence-corrected chi connectivity index (χ3v) is 3.87. The molecule has 5 heteroatoms. The molecular formula is C21H16N4O. The van der Waals surface area contributed by atoms with Crippen LogP contribution in [-0.2, 0) is 0 Å². The van der Waals surface area contributed by atoms with Gasteiger partial charge >= 0.3 is 0 Å². The van der Waals surface area contributed by atoms with Crippen LogP contribution in [0.25, 0.3) is 17.1 Å². The Morgan fingerprint density at radius 2 is 1.35 bits per heavy atom. The van der Waals surface area contributed by atoms with E-state index in [-0.39, 0.29) is 11.7 Å². The molecule has 0 aliphatic heterocycles. The van der Waals surface area contributed by atoms with Crippen LogP contribution in [-0.4, -0.2) is 20.7 Å². The fourth-order valence-corrected chi connectivity index (χ4v) is 2.63. The molecule has 0 bridgehead atoms. The Kier molecular flexibility index (Phi) is 4.26. The summed E-state index contributed by atoms with van der Waals surface area (Å²) in [5, 5.41) is 7.43. The highest BCUT2D eigenvalue weighted by molar-refractivity contribution is 6.02. The summed E-state index contributed by atoms with van der Waals surface area (Å²) in [4.78, 5) is 17.3. The predicted octanol–water partition coefficient (Wildman–Crippen LogP) is 4.19. The van der Waals surface area contributed by atoms with Crippen molar-refractivity contribution in [3.05, 3.63) is 96.8 Å². The normalized spacial score (nSPS) is 10.5. The number of hydrogen-bond donors (Lipinski definition) is 1. The van der Waals surface area contributed by atoms with Gasteiger partial charge in [0.1, 0.15) is 0 Å². The first-order valence-electron chi connectivity index (χ1n) is 8.25. The minimum Gasteiger partial charge on any atom is -0.319 e. The van der Waals surface area contributed by atoms with Crippen LogP contribution in [0, 0.1) is 0 Å². The number of nitrogens with zero attached hydrogens (tertiary/aromatic N) is 3. The molecule has 1 amide bonds. The van der Waals surface area contributed by atoms with Crippen LogP contribution in [0.2, 0.25) is 0 Å². The van der Waals surface area contributed by atoms with Crippen molar-refractivity contribution < 1.29 is 4.79 Å². The molecule has 3 aromatic carbocycles. The van der Waals surface area contributed by atoms with Gasteiger partial charge in [-0.15, -0.1) is 5.10 Å². The molecule has 0 saturated heterocycles. The molecule has 0 unspecified atom stereocenters. The number of amides is 1. The molecule has 0 aliphatic carbocycles. The number of para-hydroxylation sites is 2. The summed E-state index contributed by atoms with van der Waals surface area (Å²) in [5.74, 6) is 0.432. The molecule has 26 heavy (non-hydrogen) atoms. The molecule has 0 radical (unpaired) electrons. The predicted molar refractivity (Wildman–Crippen MR) is 101 cm³/mol. The van der Waals surface area contributed by atoms with Gasteiger partial charge in [-0.1, -0.05) is 66.7 Å². The van der Waals surface area contributed by atoms with E-state index in [1.807, 2.05) is 91.0 Å². The molecule has 1 N–H and O–H groups in total. The summed E-state index contributed by atoms with van der Waals surface area (Å²) >= 11 is 0. The Morgan fingerprint density at radius 3 is 2.00 bits per heavy atom. The summed E-state index contributed by atoms with van der Waals surface area (Å²) in [6.07, 6.45) is 0. The first-order chi connectivity index (χ1) is 12.8. The maximum Gasteiger partial charge on any atom is 0.293 e. The quantitative estimate of drug-likeness (QED) is 0.606. The first-order valence-corrected chi connectivity index (χ1v) is 8.25. The van der Waals surface area contributed by atoms with E-state index in [4.69, 9.17) is 0 Å². The van der Waals surface area contributed by atoms with Crippen molar-refractivity contribution in [3.8, 4) is 17.1 Å². The van der Waals surface area contributed by atoms with Crippen LogP contribution < -0.4 is 5.32 Å². The smallest absolute Gasteiger partial charge is 0.293 e. The van der Waals surface area contributed by atoms with Crippen LogP contribution in [0.4, 0.5) is 5.69 Å². The molecule has 126 valence electrons. The maximum absolute atomic E-state index is 12.8. The largest absolute Gasteiger partial charge is 0.319 e. The monoisotopic (exact) mass is 340 g/mol. The second-order valence-electron chi connectivity index (χ2n) is 5.69. The van der Waals surface area contributed by atoms with Crippen LogP contribution in [0.3, 0.4) is 0 Å². The van der Waals surface area contributed by atoms with Crippen molar-refractivity contribution in [2.75, 3.05) is 5.32 Å². The second-order valence-corrected chi connectivity index (χ2v) is 5.69. The molecule has 4 rings (SSSR count). The molecule has 0 saturated carbocycles. The van der Waals surface area contributed by atoms with Crippen molar-refractivity contribution in [2.45, 2.75) is 0 Å². The van der Waals surface area contributed by atoms with Gasteiger partial charge in [0.05, 0.1) is 5.69 Å². The van der Waals surface area contributed by atoms with E-state index in [0.29, 0.717) is 11.5 Å². The van der Waals surface area contributed by atoms with Gasteiger partial charge in [0.2, 0.25) is 5.82 Å². The van der Waals surface area contributed by atoms with Gasteiger partial charge in [-0.2, -0.15) is 0 Å². The zero-order chi connectivity index (χ0) is 17.8. The Labute approximate surface area is 151 Å². The summed E-state index contributed by atoms with van der Waals surface area (Å²) < 4.78 is 1.57. The highest BCUT2D eigenvalue weighted by Crippen LogP contribution is 2.19. The minimum absolute atomic E-state index is 0.235. The molecule has 5 nitrogen and oxygen atoms in total. The number of nitrogens with one attached hydrogen (secondary N) is 1. The number of anilines is 1.